The smallest absolute Gasteiger partial charge is 0.121 e. The largest absolute Gasteiger partial charge is 0.369 e. The number of nitrogens with one attached hydrogen (secondary N) is 1. The van der Waals surface area contributed by atoms with E-state index in [2.05, 4.69) is 39.8 Å². The number of nitrogens with zero attached hydrogens (tertiary/aromatic N) is 5. The van der Waals surface area contributed by atoms with Gasteiger partial charge in [-0.2, -0.15) is 5.10 Å². The third kappa shape index (κ3) is 3.12. The van der Waals surface area contributed by atoms with Gasteiger partial charge in [-0.15, -0.1) is 16.4 Å². The van der Waals surface area contributed by atoms with Crippen LogP contribution in [0.15, 0.2) is 24.5 Å². The van der Waals surface area contributed by atoms with Gasteiger partial charge in [-0.3, -0.25) is 4.68 Å². The Bertz CT molecular complexity index is 835. The number of thiophene rings is 1. The van der Waals surface area contributed by atoms with Gasteiger partial charge in [0.2, 0.25) is 0 Å². The molecule has 8 heteroatoms. The summed E-state index contributed by atoms with van der Waals surface area (Å²) in [7, 11) is 1.90. The maximum atomic E-state index is 5.99. The fraction of sp³-hybridized carbons (Fsp3) is 0.438. The average molecular weight is 344 g/mol. The minimum Gasteiger partial charge on any atom is -0.369 e. The minimum absolute atomic E-state index is 0.113. The van der Waals surface area contributed by atoms with Gasteiger partial charge in [0.15, 0.2) is 0 Å². The van der Waals surface area contributed by atoms with Crippen LogP contribution < -0.4 is 5.32 Å². The van der Waals surface area contributed by atoms with E-state index >= 15 is 0 Å². The summed E-state index contributed by atoms with van der Waals surface area (Å²) in [4.78, 5) is 2.69. The van der Waals surface area contributed by atoms with E-state index in [9.17, 15) is 0 Å². The van der Waals surface area contributed by atoms with E-state index in [0.29, 0.717) is 6.61 Å². The van der Waals surface area contributed by atoms with Crippen LogP contribution in [0, 0.1) is 6.92 Å². The number of ether oxygens (including phenoxy) is 1. The van der Waals surface area contributed by atoms with Crippen molar-refractivity contribution in [3.8, 4) is 11.3 Å². The summed E-state index contributed by atoms with van der Waals surface area (Å²) in [6.07, 6.45) is 3.87. The van der Waals surface area contributed by atoms with Crippen molar-refractivity contribution in [1.29, 1.82) is 0 Å². The predicted octanol–water partition coefficient (Wildman–Crippen LogP) is 1.74. The molecule has 1 aliphatic heterocycles. The molecule has 0 radical (unpaired) electrons. The lowest BCUT2D eigenvalue weighted by Crippen LogP contribution is -2.36. The van der Waals surface area contributed by atoms with E-state index in [1.54, 1.807) is 4.68 Å². The van der Waals surface area contributed by atoms with E-state index in [0.717, 1.165) is 36.6 Å². The van der Waals surface area contributed by atoms with E-state index in [1.807, 2.05) is 35.5 Å². The minimum atomic E-state index is 0.113. The summed E-state index contributed by atoms with van der Waals surface area (Å²) in [5.41, 5.74) is 2.86. The zero-order chi connectivity index (χ0) is 16.5. The van der Waals surface area contributed by atoms with Crippen LogP contribution in [0.5, 0.6) is 0 Å². The number of hydrogen-bond donors (Lipinski definition) is 1. The van der Waals surface area contributed by atoms with Crippen LogP contribution in [0.4, 0.5) is 0 Å². The topological polar surface area (TPSA) is 69.8 Å². The zero-order valence-electron chi connectivity index (χ0n) is 13.8. The molecule has 1 unspecified atom stereocenters. The maximum Gasteiger partial charge on any atom is 0.121 e. The molecule has 4 rings (SSSR count). The molecule has 0 aromatic carbocycles. The van der Waals surface area contributed by atoms with Crippen molar-refractivity contribution in [3.63, 3.8) is 0 Å². The Balaban J connectivity index is 1.37. The Morgan fingerprint density at radius 2 is 2.33 bits per heavy atom. The van der Waals surface area contributed by atoms with Gasteiger partial charge in [0.05, 0.1) is 31.1 Å². The van der Waals surface area contributed by atoms with Gasteiger partial charge in [-0.25, -0.2) is 4.68 Å². The van der Waals surface area contributed by atoms with Crippen LogP contribution in [0.25, 0.3) is 11.3 Å². The van der Waals surface area contributed by atoms with Crippen LogP contribution >= 0.6 is 11.3 Å². The molecule has 3 aromatic heterocycles. The highest BCUT2D eigenvalue weighted by Gasteiger charge is 2.24. The van der Waals surface area contributed by atoms with E-state index < -0.39 is 0 Å². The number of aryl methyl sites for hydroxylation is 2. The predicted molar refractivity (Wildman–Crippen MR) is 91.6 cm³/mol. The van der Waals surface area contributed by atoms with Crippen molar-refractivity contribution in [3.05, 3.63) is 40.0 Å². The summed E-state index contributed by atoms with van der Waals surface area (Å²) < 4.78 is 9.71. The Labute approximate surface area is 144 Å². The number of aromatic nitrogens is 5. The first kappa shape index (κ1) is 15.5. The molecule has 3 aromatic rings. The normalized spacial score (nSPS) is 17.2. The van der Waals surface area contributed by atoms with Crippen LogP contribution in [-0.2, 0) is 31.5 Å². The molecule has 0 saturated heterocycles. The summed E-state index contributed by atoms with van der Waals surface area (Å²) in [5.74, 6) is 0. The average Bonchev–Trinajstić information content (AvgIpc) is 3.27. The molecule has 0 spiro atoms. The molecule has 7 nitrogen and oxygen atoms in total. The van der Waals surface area contributed by atoms with Gasteiger partial charge >= 0.3 is 0 Å². The third-order valence-electron chi connectivity index (χ3n) is 4.12. The van der Waals surface area contributed by atoms with Crippen molar-refractivity contribution in [2.75, 3.05) is 6.54 Å². The molecule has 0 bridgehead atoms. The second kappa shape index (κ2) is 6.46. The highest BCUT2D eigenvalue weighted by atomic mass is 32.1. The van der Waals surface area contributed by atoms with E-state index in [-0.39, 0.29) is 6.10 Å². The van der Waals surface area contributed by atoms with Crippen molar-refractivity contribution in [2.45, 2.75) is 32.7 Å². The summed E-state index contributed by atoms with van der Waals surface area (Å²) in [5, 5.41) is 16.3. The number of hydrogen-bond acceptors (Lipinski definition) is 6. The molecule has 1 aliphatic rings. The van der Waals surface area contributed by atoms with Gasteiger partial charge in [-0.1, -0.05) is 5.21 Å². The third-order valence-corrected chi connectivity index (χ3v) is 5.12. The molecule has 126 valence electrons. The molecule has 1 atom stereocenters. The molecule has 4 heterocycles. The first-order valence-corrected chi connectivity index (χ1v) is 8.79. The summed E-state index contributed by atoms with van der Waals surface area (Å²) >= 11 is 1.83. The first-order chi connectivity index (χ1) is 11.7. The Morgan fingerprint density at radius 3 is 3.08 bits per heavy atom. The van der Waals surface area contributed by atoms with Gasteiger partial charge in [0, 0.05) is 41.7 Å². The highest BCUT2D eigenvalue weighted by molar-refractivity contribution is 7.11. The summed E-state index contributed by atoms with van der Waals surface area (Å²) in [6, 6.07) is 4.32. The molecule has 0 amide bonds. The van der Waals surface area contributed by atoms with Crippen LogP contribution in [0.3, 0.4) is 0 Å². The SMILES string of the molecule is Cc1ccc(CNCC2Cn3nnc(-c4cnn(C)c4)c3CO2)s1. The van der Waals surface area contributed by atoms with Crippen molar-refractivity contribution in [1.82, 2.24) is 30.1 Å². The fourth-order valence-corrected chi connectivity index (χ4v) is 3.75. The Morgan fingerprint density at radius 1 is 1.42 bits per heavy atom. The molecule has 1 N–H and O–H groups in total. The Kier molecular flexibility index (Phi) is 4.17. The monoisotopic (exact) mass is 344 g/mol. The lowest BCUT2D eigenvalue weighted by molar-refractivity contribution is 0.00128. The van der Waals surface area contributed by atoms with Gasteiger partial charge in [-0.05, 0) is 19.1 Å². The second-order valence-corrected chi connectivity index (χ2v) is 7.42. The molecular weight excluding hydrogens is 324 g/mol. The highest BCUT2D eigenvalue weighted by Crippen LogP contribution is 2.24. The molecule has 0 aliphatic carbocycles. The fourth-order valence-electron chi connectivity index (χ4n) is 2.89. The van der Waals surface area contributed by atoms with Crippen molar-refractivity contribution in [2.24, 2.45) is 7.05 Å². The van der Waals surface area contributed by atoms with Crippen LogP contribution in [0.1, 0.15) is 15.4 Å². The molecular formula is C16H20N6OS. The lowest BCUT2D eigenvalue weighted by Gasteiger charge is -2.24. The number of fused-ring (bicyclic) bond motifs is 1. The first-order valence-electron chi connectivity index (χ1n) is 7.98. The van der Waals surface area contributed by atoms with Gasteiger partial charge in [0.25, 0.3) is 0 Å². The van der Waals surface area contributed by atoms with Gasteiger partial charge in [0.1, 0.15) is 5.69 Å². The van der Waals surface area contributed by atoms with E-state index in [4.69, 9.17) is 4.74 Å². The van der Waals surface area contributed by atoms with Crippen molar-refractivity contribution >= 4 is 11.3 Å². The molecule has 0 saturated carbocycles. The second-order valence-electron chi connectivity index (χ2n) is 6.05. The van der Waals surface area contributed by atoms with Crippen LogP contribution in [-0.4, -0.2) is 37.4 Å². The summed E-state index contributed by atoms with van der Waals surface area (Å²) in [6.45, 7) is 5.06. The van der Waals surface area contributed by atoms with Crippen molar-refractivity contribution < 1.29 is 4.74 Å². The van der Waals surface area contributed by atoms with Gasteiger partial charge < -0.3 is 10.1 Å². The lowest BCUT2D eigenvalue weighted by atomic mass is 10.2. The standard InChI is InChI=1S/C16H20N6OS/c1-11-3-4-14(24-11)7-17-6-13-9-22-15(10-23-13)16(19-20-22)12-5-18-21(2)8-12/h3-5,8,13,17H,6-7,9-10H2,1-2H3. The zero-order valence-corrected chi connectivity index (χ0v) is 14.6. The molecule has 0 fully saturated rings. The van der Waals surface area contributed by atoms with Crippen LogP contribution in [0.2, 0.25) is 0 Å². The molecule has 24 heavy (non-hydrogen) atoms. The Hall–Kier alpha value is -2.03. The number of rotatable bonds is 5. The maximum absolute atomic E-state index is 5.99. The quantitative estimate of drug-likeness (QED) is 0.763. The van der Waals surface area contributed by atoms with E-state index in [1.165, 1.54) is 9.75 Å².